The van der Waals surface area contributed by atoms with E-state index < -0.39 is 17.5 Å². The third-order valence-electron chi connectivity index (χ3n) is 6.22. The highest BCUT2D eigenvalue weighted by Crippen LogP contribution is 2.37. The van der Waals surface area contributed by atoms with Crippen LogP contribution in [0.1, 0.15) is 59.9 Å². The number of fused-ring (bicyclic) bond motifs is 1. The molecule has 1 aliphatic rings. The topological polar surface area (TPSA) is 23.8 Å². The maximum atomic E-state index is 14.8. The molecule has 0 heterocycles. The summed E-state index contributed by atoms with van der Waals surface area (Å²) >= 11 is 0. The van der Waals surface area contributed by atoms with E-state index in [1.54, 1.807) is 6.07 Å². The first-order chi connectivity index (χ1) is 15.0. The van der Waals surface area contributed by atoms with Gasteiger partial charge in [-0.2, -0.15) is 5.26 Å². The molecule has 0 radical (unpaired) electrons. The molecule has 1 unspecified atom stereocenters. The minimum Gasteiger partial charge on any atom is -0.207 e. The predicted octanol–water partition coefficient (Wildman–Crippen LogP) is 7.26. The molecular formula is C27H24F3N. The van der Waals surface area contributed by atoms with Gasteiger partial charge in [-0.05, 0) is 90.1 Å². The average Bonchev–Trinajstić information content (AvgIpc) is 2.76. The van der Waals surface area contributed by atoms with Gasteiger partial charge in [0.05, 0.1) is 5.56 Å². The van der Waals surface area contributed by atoms with Crippen LogP contribution in [-0.2, 0) is 19.3 Å². The van der Waals surface area contributed by atoms with Crippen LogP contribution in [0, 0.1) is 28.8 Å². The fourth-order valence-corrected chi connectivity index (χ4v) is 4.52. The summed E-state index contributed by atoms with van der Waals surface area (Å²) < 4.78 is 43.6. The Hall–Kier alpha value is -3.06. The fraction of sp³-hybridized carbons (Fsp3) is 0.296. The molecule has 1 atom stereocenters. The molecule has 158 valence electrons. The Balaban J connectivity index is 1.58. The van der Waals surface area contributed by atoms with Gasteiger partial charge in [0, 0.05) is 5.56 Å². The Kier molecular flexibility index (Phi) is 6.13. The molecule has 1 nitrogen and oxygen atoms in total. The van der Waals surface area contributed by atoms with Crippen molar-refractivity contribution in [2.24, 2.45) is 0 Å². The zero-order chi connectivity index (χ0) is 22.0. The molecule has 4 heteroatoms. The maximum Gasteiger partial charge on any atom is 0.141 e. The lowest BCUT2D eigenvalue weighted by Crippen LogP contribution is -2.16. The predicted molar refractivity (Wildman–Crippen MR) is 116 cm³/mol. The van der Waals surface area contributed by atoms with Crippen LogP contribution in [0.3, 0.4) is 0 Å². The van der Waals surface area contributed by atoms with Gasteiger partial charge in [-0.15, -0.1) is 0 Å². The fourth-order valence-electron chi connectivity index (χ4n) is 4.52. The standard InChI is InChI=1S/C27H24F3N/c1-2-3-4-17-11-25(29)27(26(30)12-17)22-9-7-18-13-19(5-6-20(18)14-22)21-8-10-23(16-31)24(28)15-21/h5-6,8,10-13,15,22H,2-4,7,9,14H2,1H3. The van der Waals surface area contributed by atoms with E-state index in [0.29, 0.717) is 31.2 Å². The third kappa shape index (κ3) is 4.37. The number of benzene rings is 3. The first-order valence-electron chi connectivity index (χ1n) is 10.8. The minimum atomic E-state index is -0.536. The van der Waals surface area contributed by atoms with Gasteiger partial charge in [0.15, 0.2) is 0 Å². The lowest BCUT2D eigenvalue weighted by molar-refractivity contribution is 0.489. The second-order valence-corrected chi connectivity index (χ2v) is 8.31. The summed E-state index contributed by atoms with van der Waals surface area (Å²) in [6.07, 6.45) is 4.56. The van der Waals surface area contributed by atoms with Gasteiger partial charge in [0.1, 0.15) is 23.5 Å². The van der Waals surface area contributed by atoms with Crippen molar-refractivity contribution in [2.45, 2.75) is 51.4 Å². The average molecular weight is 419 g/mol. The summed E-state index contributed by atoms with van der Waals surface area (Å²) in [6, 6.07) is 15.3. The number of hydrogen-bond donors (Lipinski definition) is 0. The number of halogens is 3. The highest BCUT2D eigenvalue weighted by Gasteiger charge is 2.26. The van der Waals surface area contributed by atoms with Crippen molar-refractivity contribution in [1.29, 1.82) is 5.26 Å². The van der Waals surface area contributed by atoms with Crippen LogP contribution in [0.15, 0.2) is 48.5 Å². The summed E-state index contributed by atoms with van der Waals surface area (Å²) in [5.74, 6) is -1.61. The molecule has 1 aliphatic carbocycles. The molecule has 0 aromatic heterocycles. The van der Waals surface area contributed by atoms with Crippen molar-refractivity contribution in [1.82, 2.24) is 0 Å². The Morgan fingerprint density at radius 2 is 1.61 bits per heavy atom. The van der Waals surface area contributed by atoms with E-state index in [4.69, 9.17) is 5.26 Å². The quantitative estimate of drug-likeness (QED) is 0.427. The lowest BCUT2D eigenvalue weighted by atomic mass is 9.78. The molecule has 0 amide bonds. The van der Waals surface area contributed by atoms with Crippen LogP contribution in [-0.4, -0.2) is 0 Å². The van der Waals surface area contributed by atoms with Gasteiger partial charge in [0.25, 0.3) is 0 Å². The van der Waals surface area contributed by atoms with Crippen molar-refractivity contribution < 1.29 is 13.2 Å². The molecule has 0 N–H and O–H groups in total. The van der Waals surface area contributed by atoms with Crippen molar-refractivity contribution in [3.05, 3.63) is 93.8 Å². The Bertz CT molecular complexity index is 1140. The number of hydrogen-bond acceptors (Lipinski definition) is 1. The molecule has 0 saturated heterocycles. The Morgan fingerprint density at radius 1 is 0.903 bits per heavy atom. The van der Waals surface area contributed by atoms with Gasteiger partial charge >= 0.3 is 0 Å². The van der Waals surface area contributed by atoms with E-state index >= 15 is 0 Å². The van der Waals surface area contributed by atoms with Crippen LogP contribution < -0.4 is 0 Å². The van der Waals surface area contributed by atoms with Gasteiger partial charge < -0.3 is 0 Å². The number of unbranched alkanes of at least 4 members (excludes halogenated alkanes) is 1. The number of rotatable bonds is 5. The summed E-state index contributed by atoms with van der Waals surface area (Å²) in [5, 5.41) is 8.91. The van der Waals surface area contributed by atoms with E-state index in [1.165, 1.54) is 24.3 Å². The Labute approximate surface area is 181 Å². The van der Waals surface area contributed by atoms with Crippen molar-refractivity contribution in [2.75, 3.05) is 0 Å². The van der Waals surface area contributed by atoms with E-state index in [-0.39, 0.29) is 17.0 Å². The molecule has 3 aromatic rings. The molecule has 0 saturated carbocycles. The minimum absolute atomic E-state index is 0.0225. The molecule has 0 aliphatic heterocycles. The van der Waals surface area contributed by atoms with Crippen LogP contribution >= 0.6 is 0 Å². The normalized spacial score (nSPS) is 15.4. The van der Waals surface area contributed by atoms with Gasteiger partial charge in [0.2, 0.25) is 0 Å². The largest absolute Gasteiger partial charge is 0.207 e. The summed E-state index contributed by atoms with van der Waals surface area (Å²) in [7, 11) is 0. The smallest absolute Gasteiger partial charge is 0.141 e. The van der Waals surface area contributed by atoms with E-state index in [1.807, 2.05) is 24.3 Å². The highest BCUT2D eigenvalue weighted by atomic mass is 19.1. The first-order valence-corrected chi connectivity index (χ1v) is 10.8. The second-order valence-electron chi connectivity index (χ2n) is 8.31. The molecule has 3 aromatic carbocycles. The molecule has 31 heavy (non-hydrogen) atoms. The highest BCUT2D eigenvalue weighted by molar-refractivity contribution is 5.66. The molecule has 0 fully saturated rings. The monoisotopic (exact) mass is 419 g/mol. The van der Waals surface area contributed by atoms with E-state index in [0.717, 1.165) is 35.1 Å². The molecule has 0 bridgehead atoms. The third-order valence-corrected chi connectivity index (χ3v) is 6.22. The van der Waals surface area contributed by atoms with Crippen LogP contribution in [0.5, 0.6) is 0 Å². The van der Waals surface area contributed by atoms with Crippen LogP contribution in [0.2, 0.25) is 0 Å². The second kappa shape index (κ2) is 8.98. The number of aryl methyl sites for hydroxylation is 2. The van der Waals surface area contributed by atoms with E-state index in [9.17, 15) is 13.2 Å². The zero-order valence-corrected chi connectivity index (χ0v) is 17.5. The maximum absolute atomic E-state index is 14.8. The van der Waals surface area contributed by atoms with Gasteiger partial charge in [-0.3, -0.25) is 0 Å². The van der Waals surface area contributed by atoms with Crippen LogP contribution in [0.25, 0.3) is 11.1 Å². The van der Waals surface area contributed by atoms with Crippen molar-refractivity contribution in [3.63, 3.8) is 0 Å². The van der Waals surface area contributed by atoms with Crippen molar-refractivity contribution in [3.8, 4) is 17.2 Å². The zero-order valence-electron chi connectivity index (χ0n) is 17.5. The number of nitrogens with zero attached hydrogens (tertiary/aromatic N) is 1. The summed E-state index contributed by atoms with van der Waals surface area (Å²) in [5.41, 5.74) is 4.72. The molecule has 4 rings (SSSR count). The van der Waals surface area contributed by atoms with Gasteiger partial charge in [-0.1, -0.05) is 37.6 Å². The SMILES string of the molecule is CCCCc1cc(F)c(C2CCc3cc(-c4ccc(C#N)c(F)c4)ccc3C2)c(F)c1. The van der Waals surface area contributed by atoms with Gasteiger partial charge in [-0.25, -0.2) is 13.2 Å². The number of nitriles is 1. The molecule has 0 spiro atoms. The lowest BCUT2D eigenvalue weighted by Gasteiger charge is -2.26. The summed E-state index contributed by atoms with van der Waals surface area (Å²) in [4.78, 5) is 0. The molecular weight excluding hydrogens is 395 g/mol. The Morgan fingerprint density at radius 3 is 2.29 bits per heavy atom. The summed E-state index contributed by atoms with van der Waals surface area (Å²) in [6.45, 7) is 2.06. The van der Waals surface area contributed by atoms with Crippen LogP contribution in [0.4, 0.5) is 13.2 Å². The van der Waals surface area contributed by atoms with Crippen molar-refractivity contribution >= 4 is 0 Å². The first kappa shape index (κ1) is 21.2. The van der Waals surface area contributed by atoms with E-state index in [2.05, 4.69) is 6.92 Å².